The fourth-order valence-corrected chi connectivity index (χ4v) is 1.83. The summed E-state index contributed by atoms with van der Waals surface area (Å²) in [6, 6.07) is 0.165. The van der Waals surface area contributed by atoms with Crippen LogP contribution in [0.3, 0.4) is 0 Å². The van der Waals surface area contributed by atoms with Gasteiger partial charge in [0.1, 0.15) is 5.60 Å². The summed E-state index contributed by atoms with van der Waals surface area (Å²) < 4.78 is 10.5. The third kappa shape index (κ3) is 10.5. The van der Waals surface area contributed by atoms with Crippen LogP contribution in [0.2, 0.25) is 0 Å². The summed E-state index contributed by atoms with van der Waals surface area (Å²) in [6.45, 7) is 16.6. The van der Waals surface area contributed by atoms with Crippen molar-refractivity contribution in [3.63, 3.8) is 0 Å². The molecule has 1 rings (SSSR count). The van der Waals surface area contributed by atoms with Crippen LogP contribution in [0, 0.1) is 0 Å². The molecular weight excluding hydrogens is 268 g/mol. The lowest BCUT2D eigenvalue weighted by molar-refractivity contribution is 0.00846. The van der Waals surface area contributed by atoms with E-state index in [0.29, 0.717) is 13.2 Å². The van der Waals surface area contributed by atoms with Gasteiger partial charge in [0.25, 0.3) is 0 Å². The average Bonchev–Trinajstić information content (AvgIpc) is 2.48. The van der Waals surface area contributed by atoms with Crippen molar-refractivity contribution in [3.05, 3.63) is 0 Å². The summed E-state index contributed by atoms with van der Waals surface area (Å²) in [5.41, 5.74) is -0.437. The van der Waals surface area contributed by atoms with Crippen LogP contribution in [0.5, 0.6) is 0 Å². The van der Waals surface area contributed by atoms with Crippen LogP contribution in [0.25, 0.3) is 0 Å². The minimum Gasteiger partial charge on any atom is -0.444 e. The van der Waals surface area contributed by atoms with Crippen molar-refractivity contribution in [3.8, 4) is 0 Å². The molecule has 1 aliphatic heterocycles. The van der Waals surface area contributed by atoms with Crippen LogP contribution in [-0.4, -0.2) is 56.0 Å². The molecule has 0 radical (unpaired) electrons. The summed E-state index contributed by atoms with van der Waals surface area (Å²) in [5, 5.41) is 3.29. The molecule has 128 valence electrons. The first kappa shape index (κ1) is 22.5. The van der Waals surface area contributed by atoms with Gasteiger partial charge in [0.05, 0.1) is 0 Å². The Bertz CT molecular complexity index is 252. The Kier molecular flexibility index (Phi) is 13.8. The van der Waals surface area contributed by atoms with E-state index in [0.717, 1.165) is 19.5 Å². The zero-order chi connectivity index (χ0) is 16.9. The summed E-state index contributed by atoms with van der Waals surface area (Å²) in [4.78, 5) is 13.8. The Morgan fingerprint density at radius 3 is 2.29 bits per heavy atom. The van der Waals surface area contributed by atoms with Crippen molar-refractivity contribution >= 4 is 6.09 Å². The van der Waals surface area contributed by atoms with Gasteiger partial charge >= 0.3 is 6.09 Å². The summed E-state index contributed by atoms with van der Waals surface area (Å²) in [5.74, 6) is 0. The molecular formula is C16H36N2O3. The highest BCUT2D eigenvalue weighted by Crippen LogP contribution is 2.14. The van der Waals surface area contributed by atoms with Crippen LogP contribution >= 0.6 is 0 Å². The Labute approximate surface area is 131 Å². The first-order valence-corrected chi connectivity index (χ1v) is 8.13. The van der Waals surface area contributed by atoms with E-state index in [4.69, 9.17) is 9.47 Å². The molecule has 5 nitrogen and oxygen atoms in total. The molecule has 5 heteroatoms. The Morgan fingerprint density at radius 1 is 1.24 bits per heavy atom. The number of rotatable bonds is 3. The second kappa shape index (κ2) is 12.9. The van der Waals surface area contributed by atoms with Gasteiger partial charge in [-0.25, -0.2) is 4.79 Å². The number of hydrogen-bond donors (Lipinski definition) is 1. The maximum absolute atomic E-state index is 12.0. The topological polar surface area (TPSA) is 50.8 Å². The minimum atomic E-state index is -0.437. The molecule has 0 bridgehead atoms. The van der Waals surface area contributed by atoms with Crippen LogP contribution in [0.4, 0.5) is 4.79 Å². The number of nitrogens with zero attached hydrogens (tertiary/aromatic N) is 1. The minimum absolute atomic E-state index is 0.165. The summed E-state index contributed by atoms with van der Waals surface area (Å²) in [7, 11) is 1.67. The molecule has 21 heavy (non-hydrogen) atoms. The van der Waals surface area contributed by atoms with E-state index < -0.39 is 5.60 Å². The molecule has 0 aromatic carbocycles. The summed E-state index contributed by atoms with van der Waals surface area (Å²) in [6.07, 6.45) is 0.614. The predicted molar refractivity (Wildman–Crippen MR) is 88.8 cm³/mol. The fraction of sp³-hybridized carbons (Fsp3) is 0.938. The van der Waals surface area contributed by atoms with Crippen molar-refractivity contribution < 1.29 is 14.3 Å². The standard InChI is InChI=1S/C12H24N2O3.2C2H6/c1-12(2,3)17-11(15)14-7-6-13-9-10(14)5-8-16-4;2*1-2/h10,13H,5-9H2,1-4H3;2*1-2H3. The van der Waals surface area contributed by atoms with Crippen molar-refractivity contribution in [2.24, 2.45) is 0 Å². The lowest BCUT2D eigenvalue weighted by Gasteiger charge is -2.37. The van der Waals surface area contributed by atoms with E-state index >= 15 is 0 Å². The molecule has 0 aliphatic carbocycles. The highest BCUT2D eigenvalue weighted by molar-refractivity contribution is 5.68. The predicted octanol–water partition coefficient (Wildman–Crippen LogP) is 3.28. The molecule has 1 N–H and O–H groups in total. The van der Waals surface area contributed by atoms with Gasteiger partial charge in [0, 0.05) is 39.4 Å². The smallest absolute Gasteiger partial charge is 0.410 e. The molecule has 1 heterocycles. The van der Waals surface area contributed by atoms with Crippen LogP contribution < -0.4 is 5.32 Å². The second-order valence-electron chi connectivity index (χ2n) is 5.31. The molecule has 1 fully saturated rings. The van der Waals surface area contributed by atoms with Crippen LogP contribution in [0.15, 0.2) is 0 Å². The van der Waals surface area contributed by atoms with Gasteiger partial charge in [-0.3, -0.25) is 0 Å². The van der Waals surface area contributed by atoms with Gasteiger partial charge in [-0.2, -0.15) is 0 Å². The average molecular weight is 304 g/mol. The number of ether oxygens (including phenoxy) is 2. The molecule has 1 atom stereocenters. The van der Waals surface area contributed by atoms with E-state index in [9.17, 15) is 4.79 Å². The summed E-state index contributed by atoms with van der Waals surface area (Å²) >= 11 is 0. The van der Waals surface area contributed by atoms with E-state index in [2.05, 4.69) is 5.32 Å². The quantitative estimate of drug-likeness (QED) is 0.869. The Morgan fingerprint density at radius 2 is 1.81 bits per heavy atom. The first-order valence-electron chi connectivity index (χ1n) is 8.13. The molecule has 1 unspecified atom stereocenters. The monoisotopic (exact) mass is 304 g/mol. The maximum Gasteiger partial charge on any atom is 0.410 e. The lowest BCUT2D eigenvalue weighted by Crippen LogP contribution is -2.55. The van der Waals surface area contributed by atoms with Gasteiger partial charge in [-0.05, 0) is 27.2 Å². The highest BCUT2D eigenvalue weighted by Gasteiger charge is 2.29. The number of carbonyl (C=O) groups excluding carboxylic acids is 1. The molecule has 0 spiro atoms. The normalized spacial score (nSPS) is 17.9. The highest BCUT2D eigenvalue weighted by atomic mass is 16.6. The zero-order valence-electron chi connectivity index (χ0n) is 15.3. The lowest BCUT2D eigenvalue weighted by atomic mass is 10.1. The maximum atomic E-state index is 12.0. The largest absolute Gasteiger partial charge is 0.444 e. The van der Waals surface area contributed by atoms with Crippen LogP contribution in [-0.2, 0) is 9.47 Å². The van der Waals surface area contributed by atoms with Gasteiger partial charge < -0.3 is 19.7 Å². The van der Waals surface area contributed by atoms with Crippen molar-refractivity contribution in [1.29, 1.82) is 0 Å². The Hall–Kier alpha value is -0.810. The van der Waals surface area contributed by atoms with Gasteiger partial charge in [-0.15, -0.1) is 0 Å². The molecule has 1 amide bonds. The number of amides is 1. The molecule has 0 aromatic rings. The van der Waals surface area contributed by atoms with E-state index in [-0.39, 0.29) is 12.1 Å². The molecule has 1 aliphatic rings. The van der Waals surface area contributed by atoms with Gasteiger partial charge in [0.2, 0.25) is 0 Å². The third-order valence-corrected chi connectivity index (χ3v) is 2.63. The number of carbonyl (C=O) groups is 1. The Balaban J connectivity index is 0. The number of piperazine rings is 1. The van der Waals surface area contributed by atoms with Crippen LogP contribution in [0.1, 0.15) is 54.9 Å². The van der Waals surface area contributed by atoms with Crippen molar-refractivity contribution in [2.75, 3.05) is 33.4 Å². The number of nitrogens with one attached hydrogen (secondary N) is 1. The fourth-order valence-electron chi connectivity index (χ4n) is 1.83. The SMILES string of the molecule is CC.CC.COCCC1CNCCN1C(=O)OC(C)(C)C. The van der Waals surface area contributed by atoms with E-state index in [1.165, 1.54) is 0 Å². The van der Waals surface area contributed by atoms with Crippen molar-refractivity contribution in [2.45, 2.75) is 66.5 Å². The van der Waals surface area contributed by atoms with Gasteiger partial charge in [0.15, 0.2) is 0 Å². The zero-order valence-corrected chi connectivity index (χ0v) is 15.3. The van der Waals surface area contributed by atoms with Crippen molar-refractivity contribution in [1.82, 2.24) is 10.2 Å². The first-order chi connectivity index (χ1) is 9.94. The molecule has 1 saturated heterocycles. The molecule has 0 saturated carbocycles. The van der Waals surface area contributed by atoms with E-state index in [1.807, 2.05) is 48.5 Å². The van der Waals surface area contributed by atoms with Gasteiger partial charge in [-0.1, -0.05) is 27.7 Å². The number of hydrogen-bond acceptors (Lipinski definition) is 4. The molecule has 0 aromatic heterocycles. The second-order valence-corrected chi connectivity index (χ2v) is 5.31. The third-order valence-electron chi connectivity index (χ3n) is 2.63. The van der Waals surface area contributed by atoms with E-state index in [1.54, 1.807) is 12.0 Å². The number of methoxy groups -OCH3 is 1.